The number of hydrogen-bond acceptors (Lipinski definition) is 3. The lowest BCUT2D eigenvalue weighted by Crippen LogP contribution is -2.39. The fraction of sp³-hybridized carbons (Fsp3) is 0.381. The smallest absolute Gasteiger partial charge is 0.191 e. The maximum Gasteiger partial charge on any atom is 0.191 e. The van der Waals surface area contributed by atoms with Crippen molar-refractivity contribution in [3.63, 3.8) is 0 Å². The molecule has 2 aromatic rings. The quantitative estimate of drug-likeness (QED) is 0.354. The van der Waals surface area contributed by atoms with Gasteiger partial charge in [-0.1, -0.05) is 12.1 Å². The number of hydrogen-bond donors (Lipinski definition) is 2. The summed E-state index contributed by atoms with van der Waals surface area (Å²) in [6, 6.07) is 7.98. The van der Waals surface area contributed by atoms with E-state index in [0.717, 1.165) is 16.7 Å². The van der Waals surface area contributed by atoms with Crippen LogP contribution in [-0.4, -0.2) is 26.3 Å². The molecule has 0 saturated heterocycles. The summed E-state index contributed by atoms with van der Waals surface area (Å²) >= 11 is 0. The molecule has 1 aliphatic rings. The van der Waals surface area contributed by atoms with Crippen LogP contribution in [0.1, 0.15) is 35.2 Å². The average molecular weight is 517 g/mol. The van der Waals surface area contributed by atoms with Crippen LogP contribution in [0.15, 0.2) is 35.3 Å². The maximum absolute atomic E-state index is 13.8. The Hall–Kier alpha value is -1.94. The zero-order valence-corrected chi connectivity index (χ0v) is 19.1. The molecule has 1 unspecified atom stereocenters. The predicted molar refractivity (Wildman–Crippen MR) is 120 cm³/mol. The highest BCUT2D eigenvalue weighted by Gasteiger charge is 2.17. The summed E-state index contributed by atoms with van der Waals surface area (Å²) < 4.78 is 38.4. The van der Waals surface area contributed by atoms with Gasteiger partial charge in [0.2, 0.25) is 0 Å². The third kappa shape index (κ3) is 6.02. The average Bonchev–Trinajstić information content (AvgIpc) is 2.68. The first kappa shape index (κ1) is 23.3. The first-order chi connectivity index (χ1) is 13.5. The van der Waals surface area contributed by atoms with Crippen molar-refractivity contribution in [3.05, 3.63) is 64.2 Å². The first-order valence-electron chi connectivity index (χ1n) is 9.23. The van der Waals surface area contributed by atoms with Crippen LogP contribution >= 0.6 is 24.0 Å². The largest absolute Gasteiger partial charge is 0.467 e. The first-order valence-corrected chi connectivity index (χ1v) is 9.23. The van der Waals surface area contributed by atoms with Crippen LogP contribution in [0.2, 0.25) is 0 Å². The Labute approximate surface area is 186 Å². The number of ether oxygens (including phenoxy) is 2. The van der Waals surface area contributed by atoms with E-state index in [1.807, 2.05) is 13.0 Å². The molecule has 3 rings (SSSR count). The Bertz CT molecular complexity index is 877. The van der Waals surface area contributed by atoms with Crippen molar-refractivity contribution in [3.8, 4) is 5.75 Å². The van der Waals surface area contributed by atoms with Gasteiger partial charge in [0, 0.05) is 19.2 Å². The summed E-state index contributed by atoms with van der Waals surface area (Å²) in [5.41, 5.74) is 2.96. The SMILES string of the molecule is CN=C(NCCc1cc(F)cc2c1OCOC2)NC(C)c1ccc(C)c(F)c1.I. The van der Waals surface area contributed by atoms with E-state index in [1.54, 1.807) is 20.0 Å². The van der Waals surface area contributed by atoms with Gasteiger partial charge in [0.05, 0.1) is 12.6 Å². The third-order valence-corrected chi connectivity index (χ3v) is 4.71. The van der Waals surface area contributed by atoms with Crippen molar-refractivity contribution in [2.45, 2.75) is 32.9 Å². The second-order valence-electron chi connectivity index (χ2n) is 6.79. The lowest BCUT2D eigenvalue weighted by molar-refractivity contribution is -0.0172. The van der Waals surface area contributed by atoms with Crippen molar-refractivity contribution in [1.29, 1.82) is 0 Å². The number of nitrogens with one attached hydrogen (secondary N) is 2. The molecule has 2 aromatic carbocycles. The van der Waals surface area contributed by atoms with Crippen LogP contribution in [0.3, 0.4) is 0 Å². The highest BCUT2D eigenvalue weighted by Crippen LogP contribution is 2.29. The van der Waals surface area contributed by atoms with Crippen molar-refractivity contribution >= 4 is 29.9 Å². The number of fused-ring (bicyclic) bond motifs is 1. The van der Waals surface area contributed by atoms with Crippen molar-refractivity contribution < 1.29 is 18.3 Å². The van der Waals surface area contributed by atoms with E-state index in [0.29, 0.717) is 36.8 Å². The van der Waals surface area contributed by atoms with Gasteiger partial charge in [-0.15, -0.1) is 24.0 Å². The third-order valence-electron chi connectivity index (χ3n) is 4.71. The highest BCUT2D eigenvalue weighted by molar-refractivity contribution is 14.0. The molecule has 0 amide bonds. The van der Waals surface area contributed by atoms with Crippen molar-refractivity contribution in [2.75, 3.05) is 20.4 Å². The van der Waals surface area contributed by atoms with E-state index in [1.165, 1.54) is 18.2 Å². The molecule has 1 aliphatic heterocycles. The molecule has 0 aliphatic carbocycles. The summed E-state index contributed by atoms with van der Waals surface area (Å²) in [5, 5.41) is 6.44. The Kier molecular flexibility index (Phi) is 8.63. The van der Waals surface area contributed by atoms with Crippen LogP contribution in [0.4, 0.5) is 8.78 Å². The minimum atomic E-state index is -0.305. The number of guanidine groups is 1. The fourth-order valence-electron chi connectivity index (χ4n) is 3.12. The van der Waals surface area contributed by atoms with Gasteiger partial charge in [0.1, 0.15) is 17.4 Å². The number of benzene rings is 2. The standard InChI is InChI=1S/C21H25F2N3O2.HI/c1-13-4-5-15(10-19(13)23)14(2)26-21(24-3)25-7-6-16-8-18(22)9-17-11-27-12-28-20(16)17;/h4-5,8-10,14H,6-7,11-12H2,1-3H3,(H2,24,25,26);1H. The number of rotatable bonds is 5. The van der Waals surface area contributed by atoms with Gasteiger partial charge in [-0.05, 0) is 55.2 Å². The fourth-order valence-corrected chi connectivity index (χ4v) is 3.12. The van der Waals surface area contributed by atoms with Gasteiger partial charge in [0.15, 0.2) is 12.8 Å². The van der Waals surface area contributed by atoms with Crippen LogP contribution in [-0.2, 0) is 17.8 Å². The lowest BCUT2D eigenvalue weighted by Gasteiger charge is -2.22. The molecule has 0 radical (unpaired) electrons. The molecule has 0 aromatic heterocycles. The summed E-state index contributed by atoms with van der Waals surface area (Å²) in [4.78, 5) is 4.21. The van der Waals surface area contributed by atoms with Crippen molar-refractivity contribution in [1.82, 2.24) is 10.6 Å². The predicted octanol–water partition coefficient (Wildman–Crippen LogP) is 4.23. The van der Waals surface area contributed by atoms with Gasteiger partial charge < -0.3 is 20.1 Å². The molecule has 0 fully saturated rings. The number of nitrogens with zero attached hydrogens (tertiary/aromatic N) is 1. The number of aryl methyl sites for hydroxylation is 1. The topological polar surface area (TPSA) is 54.9 Å². The summed E-state index contributed by atoms with van der Waals surface area (Å²) in [6.45, 7) is 4.73. The second kappa shape index (κ2) is 10.7. The minimum absolute atomic E-state index is 0. The molecule has 8 heteroatoms. The Balaban J connectivity index is 0.00000300. The Morgan fingerprint density at radius 2 is 2.03 bits per heavy atom. The summed E-state index contributed by atoms with van der Waals surface area (Å²) in [5.74, 6) is 0.748. The van der Waals surface area contributed by atoms with Gasteiger partial charge in [-0.3, -0.25) is 4.99 Å². The minimum Gasteiger partial charge on any atom is -0.467 e. The molecule has 0 bridgehead atoms. The van der Waals surface area contributed by atoms with E-state index in [9.17, 15) is 8.78 Å². The van der Waals surface area contributed by atoms with E-state index in [4.69, 9.17) is 9.47 Å². The molecular weight excluding hydrogens is 491 g/mol. The van der Waals surface area contributed by atoms with Gasteiger partial charge >= 0.3 is 0 Å². The molecule has 0 spiro atoms. The molecule has 0 saturated carbocycles. The normalized spacial score (nSPS) is 14.3. The van der Waals surface area contributed by atoms with Crippen LogP contribution in [0, 0.1) is 18.6 Å². The second-order valence-corrected chi connectivity index (χ2v) is 6.79. The summed E-state index contributed by atoms with van der Waals surface area (Å²) in [6.07, 6.45) is 0.564. The van der Waals surface area contributed by atoms with Gasteiger partial charge in [-0.2, -0.15) is 0 Å². The Morgan fingerprint density at radius 1 is 1.24 bits per heavy atom. The molecule has 1 heterocycles. The highest BCUT2D eigenvalue weighted by atomic mass is 127. The van der Waals surface area contributed by atoms with E-state index in [2.05, 4.69) is 15.6 Å². The van der Waals surface area contributed by atoms with Crippen molar-refractivity contribution in [2.24, 2.45) is 4.99 Å². The number of aliphatic imine (C=N–C) groups is 1. The monoisotopic (exact) mass is 517 g/mol. The lowest BCUT2D eigenvalue weighted by atomic mass is 10.1. The molecule has 158 valence electrons. The van der Waals surface area contributed by atoms with E-state index in [-0.39, 0.29) is 48.4 Å². The summed E-state index contributed by atoms with van der Waals surface area (Å²) in [7, 11) is 1.67. The van der Waals surface area contributed by atoms with E-state index >= 15 is 0 Å². The van der Waals surface area contributed by atoms with Gasteiger partial charge in [-0.25, -0.2) is 8.78 Å². The zero-order valence-electron chi connectivity index (χ0n) is 16.7. The molecular formula is C21H26F2IN3O2. The van der Waals surface area contributed by atoms with Crippen LogP contribution < -0.4 is 15.4 Å². The Morgan fingerprint density at radius 3 is 2.76 bits per heavy atom. The molecule has 1 atom stereocenters. The van der Waals surface area contributed by atoms with Gasteiger partial charge in [0.25, 0.3) is 0 Å². The number of halogens is 3. The molecule has 5 nitrogen and oxygen atoms in total. The van der Waals surface area contributed by atoms with Crippen LogP contribution in [0.25, 0.3) is 0 Å². The molecule has 29 heavy (non-hydrogen) atoms. The van der Waals surface area contributed by atoms with Crippen LogP contribution in [0.5, 0.6) is 5.75 Å². The maximum atomic E-state index is 13.8. The van der Waals surface area contributed by atoms with E-state index < -0.39 is 0 Å². The zero-order chi connectivity index (χ0) is 20.1. The molecule has 2 N–H and O–H groups in total.